The molecule has 0 unspecified atom stereocenters. The van der Waals surface area contributed by atoms with E-state index in [4.69, 9.17) is 0 Å². The first kappa shape index (κ1) is 8.58. The van der Waals surface area contributed by atoms with Crippen molar-refractivity contribution in [2.45, 2.75) is 51.0 Å². The minimum Gasteiger partial charge on any atom is -0.368 e. The van der Waals surface area contributed by atoms with Gasteiger partial charge in [-0.3, -0.25) is 0 Å². The summed E-state index contributed by atoms with van der Waals surface area (Å²) in [4.78, 5) is 2.69. The zero-order chi connectivity index (χ0) is 9.38. The highest BCUT2D eigenvalue weighted by molar-refractivity contribution is 5.33. The molecule has 1 heterocycles. The highest BCUT2D eigenvalue weighted by Crippen LogP contribution is 2.36. The summed E-state index contributed by atoms with van der Waals surface area (Å²) in [6.07, 6.45) is 14.5. The Kier molecular flexibility index (Phi) is 2.11. The van der Waals surface area contributed by atoms with Gasteiger partial charge in [0.25, 0.3) is 0 Å². The van der Waals surface area contributed by atoms with Gasteiger partial charge >= 0.3 is 0 Å². The van der Waals surface area contributed by atoms with E-state index in [1.165, 1.54) is 51.5 Å². The summed E-state index contributed by atoms with van der Waals surface area (Å²) in [7, 11) is 0. The maximum Gasteiger partial charge on any atom is 0.0358 e. The van der Waals surface area contributed by atoms with Gasteiger partial charge in [-0.2, -0.15) is 0 Å². The molecule has 1 saturated carbocycles. The molecule has 0 atom stereocenters. The summed E-state index contributed by atoms with van der Waals surface area (Å²) in [5.41, 5.74) is 3.34. The van der Waals surface area contributed by atoms with E-state index >= 15 is 0 Å². The number of allylic oxidation sites excluding steroid dienone is 2. The van der Waals surface area contributed by atoms with Crippen LogP contribution in [0, 0.1) is 0 Å². The van der Waals surface area contributed by atoms with Crippen LogP contribution in [0.4, 0.5) is 0 Å². The summed E-state index contributed by atoms with van der Waals surface area (Å²) in [6.45, 7) is 1.31. The van der Waals surface area contributed by atoms with Crippen LogP contribution in [0.5, 0.6) is 0 Å². The maximum absolute atomic E-state index is 2.69. The first-order valence-electron chi connectivity index (χ1n) is 6.10. The molecule has 1 nitrogen and oxygen atoms in total. The predicted molar refractivity (Wildman–Crippen MR) is 59.0 cm³/mol. The lowest BCUT2D eigenvalue weighted by Crippen LogP contribution is -2.29. The van der Waals surface area contributed by atoms with Gasteiger partial charge in [0.15, 0.2) is 0 Å². The van der Waals surface area contributed by atoms with Crippen LogP contribution in [-0.2, 0) is 0 Å². The van der Waals surface area contributed by atoms with Gasteiger partial charge in [-0.15, -0.1) is 0 Å². The fourth-order valence-corrected chi connectivity index (χ4v) is 3.22. The van der Waals surface area contributed by atoms with Gasteiger partial charge < -0.3 is 4.90 Å². The molecule has 0 aromatic carbocycles. The van der Waals surface area contributed by atoms with Crippen LogP contribution in [0.3, 0.4) is 0 Å². The van der Waals surface area contributed by atoms with Gasteiger partial charge in [-0.05, 0) is 43.8 Å². The molecule has 0 spiro atoms. The quantitative estimate of drug-likeness (QED) is 0.612. The molecule has 0 N–H and O–H groups in total. The normalized spacial score (nSPS) is 27.6. The van der Waals surface area contributed by atoms with E-state index in [0.29, 0.717) is 0 Å². The Bertz CT molecular complexity index is 282. The zero-order valence-electron chi connectivity index (χ0n) is 8.84. The van der Waals surface area contributed by atoms with Crippen molar-refractivity contribution in [1.29, 1.82) is 0 Å². The van der Waals surface area contributed by atoms with Crippen molar-refractivity contribution in [3.63, 3.8) is 0 Å². The number of nitrogens with zero attached hydrogens (tertiary/aromatic N) is 1. The third kappa shape index (κ3) is 1.30. The second-order valence-electron chi connectivity index (χ2n) is 4.81. The monoisotopic (exact) mass is 189 g/mol. The molecular weight excluding hydrogens is 170 g/mol. The van der Waals surface area contributed by atoms with Crippen LogP contribution in [0.1, 0.15) is 44.9 Å². The minimum atomic E-state index is 0.880. The van der Waals surface area contributed by atoms with Crippen LogP contribution in [-0.4, -0.2) is 17.5 Å². The first-order valence-corrected chi connectivity index (χ1v) is 6.10. The maximum atomic E-state index is 2.69. The van der Waals surface area contributed by atoms with E-state index in [2.05, 4.69) is 17.1 Å². The van der Waals surface area contributed by atoms with Crippen molar-refractivity contribution < 1.29 is 0 Å². The van der Waals surface area contributed by atoms with Gasteiger partial charge in [-0.25, -0.2) is 0 Å². The van der Waals surface area contributed by atoms with Crippen molar-refractivity contribution >= 4 is 0 Å². The summed E-state index contributed by atoms with van der Waals surface area (Å²) in [6, 6.07) is 0.880. The molecule has 0 radical (unpaired) electrons. The molecule has 2 aliphatic carbocycles. The summed E-state index contributed by atoms with van der Waals surface area (Å²) < 4.78 is 0. The summed E-state index contributed by atoms with van der Waals surface area (Å²) >= 11 is 0. The Hall–Kier alpha value is -0.720. The fraction of sp³-hybridized carbons (Fsp3) is 0.692. The molecule has 0 aromatic heterocycles. The van der Waals surface area contributed by atoms with Gasteiger partial charge in [0.05, 0.1) is 0 Å². The van der Waals surface area contributed by atoms with Crippen molar-refractivity contribution in [3.8, 4) is 0 Å². The molecule has 0 amide bonds. The molecule has 76 valence electrons. The first-order chi connectivity index (χ1) is 6.95. The third-order valence-corrected chi connectivity index (χ3v) is 3.98. The Morgan fingerprint density at radius 1 is 1.14 bits per heavy atom. The van der Waals surface area contributed by atoms with Crippen LogP contribution in [0.2, 0.25) is 0 Å². The topological polar surface area (TPSA) is 3.24 Å². The molecule has 3 aliphatic rings. The van der Waals surface area contributed by atoms with Gasteiger partial charge in [0.2, 0.25) is 0 Å². The average molecular weight is 189 g/mol. The van der Waals surface area contributed by atoms with Crippen molar-refractivity contribution in [2.24, 2.45) is 0 Å². The smallest absolute Gasteiger partial charge is 0.0358 e. The lowest BCUT2D eigenvalue weighted by atomic mass is 10.0. The highest BCUT2D eigenvalue weighted by Gasteiger charge is 2.29. The Morgan fingerprint density at radius 3 is 2.86 bits per heavy atom. The standard InChI is InChI=1S/C13H19N/c1-4-8-13-11(5-1)9-10-14(13)12-6-2-3-7-12/h4,8,12H,1-3,5-7,9-10H2. The van der Waals surface area contributed by atoms with Crippen molar-refractivity contribution in [3.05, 3.63) is 23.4 Å². The summed E-state index contributed by atoms with van der Waals surface area (Å²) in [5.74, 6) is 0. The molecule has 0 saturated heterocycles. The fourth-order valence-electron chi connectivity index (χ4n) is 3.22. The highest BCUT2D eigenvalue weighted by atomic mass is 15.2. The molecule has 0 aromatic rings. The molecule has 1 heteroatoms. The van der Waals surface area contributed by atoms with E-state index < -0.39 is 0 Å². The molecule has 1 fully saturated rings. The van der Waals surface area contributed by atoms with Crippen LogP contribution < -0.4 is 0 Å². The predicted octanol–water partition coefficient (Wildman–Crippen LogP) is 3.24. The minimum absolute atomic E-state index is 0.880. The van der Waals surface area contributed by atoms with Crippen molar-refractivity contribution in [2.75, 3.05) is 6.54 Å². The van der Waals surface area contributed by atoms with Gasteiger partial charge in [0.1, 0.15) is 0 Å². The average Bonchev–Trinajstić information content (AvgIpc) is 2.85. The van der Waals surface area contributed by atoms with Crippen molar-refractivity contribution in [1.82, 2.24) is 4.90 Å². The van der Waals surface area contributed by atoms with Crippen LogP contribution in [0.15, 0.2) is 23.4 Å². The number of hydrogen-bond donors (Lipinski definition) is 0. The van der Waals surface area contributed by atoms with Gasteiger partial charge in [0, 0.05) is 18.3 Å². The number of rotatable bonds is 1. The SMILES string of the molecule is C1=CC2=C(CC1)CCN2C1CCCC1. The Balaban J connectivity index is 1.81. The van der Waals surface area contributed by atoms with E-state index in [0.717, 1.165) is 6.04 Å². The summed E-state index contributed by atoms with van der Waals surface area (Å²) in [5, 5.41) is 0. The van der Waals surface area contributed by atoms with Crippen LogP contribution >= 0.6 is 0 Å². The Labute approximate surface area is 86.5 Å². The van der Waals surface area contributed by atoms with E-state index in [9.17, 15) is 0 Å². The molecule has 14 heavy (non-hydrogen) atoms. The number of hydrogen-bond acceptors (Lipinski definition) is 1. The van der Waals surface area contributed by atoms with Gasteiger partial charge in [-0.1, -0.05) is 18.9 Å². The molecular formula is C13H19N. The van der Waals surface area contributed by atoms with E-state index in [-0.39, 0.29) is 0 Å². The molecule has 1 aliphatic heterocycles. The third-order valence-electron chi connectivity index (χ3n) is 3.98. The lowest BCUT2D eigenvalue weighted by Gasteiger charge is -2.28. The van der Waals surface area contributed by atoms with E-state index in [1.807, 2.05) is 0 Å². The second kappa shape index (κ2) is 3.45. The molecule has 0 bridgehead atoms. The van der Waals surface area contributed by atoms with E-state index in [1.54, 1.807) is 11.3 Å². The Morgan fingerprint density at radius 2 is 2.00 bits per heavy atom. The molecule has 3 rings (SSSR count). The lowest BCUT2D eigenvalue weighted by molar-refractivity contribution is 0.285. The zero-order valence-corrected chi connectivity index (χ0v) is 8.84. The van der Waals surface area contributed by atoms with Crippen LogP contribution in [0.25, 0.3) is 0 Å². The second-order valence-corrected chi connectivity index (χ2v) is 4.81. The largest absolute Gasteiger partial charge is 0.368 e.